The second-order valence-corrected chi connectivity index (χ2v) is 5.37. The fourth-order valence-electron chi connectivity index (χ4n) is 1.75. The van der Waals surface area contributed by atoms with E-state index in [1.165, 1.54) is 0 Å². The Morgan fingerprint density at radius 3 is 2.50 bits per heavy atom. The Morgan fingerprint density at radius 1 is 1.33 bits per heavy atom. The van der Waals surface area contributed by atoms with Crippen molar-refractivity contribution in [2.45, 2.75) is 19.9 Å². The van der Waals surface area contributed by atoms with Gasteiger partial charge in [-0.15, -0.1) is 11.3 Å². The molecule has 0 bridgehead atoms. The second-order valence-electron chi connectivity index (χ2n) is 4.08. The highest BCUT2D eigenvalue weighted by Crippen LogP contribution is 2.34. The quantitative estimate of drug-likeness (QED) is 0.913. The summed E-state index contributed by atoms with van der Waals surface area (Å²) >= 11 is 7.85. The van der Waals surface area contributed by atoms with Crippen LogP contribution in [0.3, 0.4) is 0 Å². The molecule has 4 heteroatoms. The first-order chi connectivity index (χ1) is 8.63. The molecule has 1 heterocycles. The van der Waals surface area contributed by atoms with E-state index in [-0.39, 0.29) is 6.04 Å². The molecule has 2 nitrogen and oxygen atoms in total. The van der Waals surface area contributed by atoms with Crippen molar-refractivity contribution in [2.75, 3.05) is 6.61 Å². The molecule has 2 aromatic rings. The predicted octanol–water partition coefficient (Wildman–Crippen LogP) is 4.16. The normalized spacial score (nSPS) is 12.4. The Balaban J connectivity index is 2.23. The zero-order valence-corrected chi connectivity index (χ0v) is 12.0. The number of hydrogen-bond acceptors (Lipinski definition) is 3. The molecule has 1 aromatic carbocycles. The first-order valence-corrected chi connectivity index (χ1v) is 7.11. The topological polar surface area (TPSA) is 35.2 Å². The number of thiophene rings is 1. The lowest BCUT2D eigenvalue weighted by atomic mass is 10.1. The van der Waals surface area contributed by atoms with Gasteiger partial charge in [0.25, 0.3) is 0 Å². The molecular formula is C14H16ClNOS. The number of hydrogen-bond donors (Lipinski definition) is 1. The lowest BCUT2D eigenvalue weighted by molar-refractivity contribution is 0.340. The number of rotatable bonds is 4. The average molecular weight is 282 g/mol. The fourth-order valence-corrected chi connectivity index (χ4v) is 3.09. The van der Waals surface area contributed by atoms with E-state index < -0.39 is 0 Å². The Labute approximate surface area is 116 Å². The van der Waals surface area contributed by atoms with Crippen molar-refractivity contribution in [3.05, 3.63) is 50.7 Å². The van der Waals surface area contributed by atoms with Gasteiger partial charge >= 0.3 is 0 Å². The summed E-state index contributed by atoms with van der Waals surface area (Å²) in [5.74, 6) is 0.863. The summed E-state index contributed by atoms with van der Waals surface area (Å²) in [4.78, 5) is 1.01. The van der Waals surface area contributed by atoms with Crippen molar-refractivity contribution in [3.63, 3.8) is 0 Å². The van der Waals surface area contributed by atoms with E-state index in [1.54, 1.807) is 11.3 Å². The summed E-state index contributed by atoms with van der Waals surface area (Å²) in [7, 11) is 0. The van der Waals surface area contributed by atoms with Crippen LogP contribution in [-0.2, 0) is 0 Å². The third-order valence-electron chi connectivity index (χ3n) is 2.76. The number of halogens is 1. The van der Waals surface area contributed by atoms with Crippen LogP contribution in [-0.4, -0.2) is 6.61 Å². The molecule has 18 heavy (non-hydrogen) atoms. The van der Waals surface area contributed by atoms with Crippen LogP contribution < -0.4 is 10.5 Å². The van der Waals surface area contributed by atoms with Crippen LogP contribution in [0.15, 0.2) is 29.6 Å². The molecule has 0 spiro atoms. The van der Waals surface area contributed by atoms with Gasteiger partial charge in [-0.05, 0) is 42.5 Å². The Kier molecular flexibility index (Phi) is 4.27. The van der Waals surface area contributed by atoms with E-state index in [0.29, 0.717) is 6.61 Å². The molecule has 1 unspecified atom stereocenters. The molecule has 1 atom stereocenters. The van der Waals surface area contributed by atoms with Gasteiger partial charge in [-0.1, -0.05) is 23.7 Å². The number of nitrogens with two attached hydrogens (primary N) is 1. The molecule has 0 aliphatic carbocycles. The first kappa shape index (κ1) is 13.4. The van der Waals surface area contributed by atoms with Gasteiger partial charge in [-0.2, -0.15) is 0 Å². The van der Waals surface area contributed by atoms with Crippen molar-refractivity contribution in [3.8, 4) is 5.75 Å². The van der Waals surface area contributed by atoms with Crippen molar-refractivity contribution in [1.82, 2.24) is 0 Å². The maximum Gasteiger partial charge on any atom is 0.119 e. The molecule has 0 amide bonds. The summed E-state index contributed by atoms with van der Waals surface area (Å²) in [5.41, 5.74) is 8.36. The lowest BCUT2D eigenvalue weighted by Gasteiger charge is -2.12. The maximum absolute atomic E-state index is 6.24. The molecule has 0 fully saturated rings. The van der Waals surface area contributed by atoms with Crippen molar-refractivity contribution in [1.29, 1.82) is 0 Å². The maximum atomic E-state index is 6.24. The molecule has 0 aliphatic heterocycles. The van der Waals surface area contributed by atoms with Gasteiger partial charge in [-0.25, -0.2) is 0 Å². The third kappa shape index (κ3) is 2.69. The van der Waals surface area contributed by atoms with Gasteiger partial charge in [0.2, 0.25) is 0 Å². The Bertz CT molecular complexity index is 521. The molecule has 0 saturated heterocycles. The molecular weight excluding hydrogens is 266 g/mol. The predicted molar refractivity (Wildman–Crippen MR) is 77.7 cm³/mol. The summed E-state index contributed by atoms with van der Waals surface area (Å²) in [5, 5.41) is 2.81. The van der Waals surface area contributed by atoms with Gasteiger partial charge in [0, 0.05) is 4.88 Å². The van der Waals surface area contributed by atoms with Gasteiger partial charge in [0.1, 0.15) is 5.75 Å². The van der Waals surface area contributed by atoms with Crippen LogP contribution in [0.1, 0.15) is 29.0 Å². The minimum Gasteiger partial charge on any atom is -0.494 e. The smallest absolute Gasteiger partial charge is 0.119 e. The van der Waals surface area contributed by atoms with Gasteiger partial charge in [0.05, 0.1) is 17.7 Å². The Morgan fingerprint density at radius 2 is 2.00 bits per heavy atom. The van der Waals surface area contributed by atoms with E-state index in [4.69, 9.17) is 22.1 Å². The molecule has 2 rings (SSSR count). The molecule has 2 N–H and O–H groups in total. The zero-order chi connectivity index (χ0) is 13.1. The van der Waals surface area contributed by atoms with Gasteiger partial charge < -0.3 is 10.5 Å². The van der Waals surface area contributed by atoms with E-state index in [9.17, 15) is 0 Å². The number of ether oxygens (including phenoxy) is 1. The van der Waals surface area contributed by atoms with E-state index in [1.807, 2.05) is 43.5 Å². The van der Waals surface area contributed by atoms with Crippen molar-refractivity contribution in [2.24, 2.45) is 5.73 Å². The summed E-state index contributed by atoms with van der Waals surface area (Å²) in [6, 6.07) is 7.68. The molecule has 0 radical (unpaired) electrons. The molecule has 0 aliphatic rings. The minimum atomic E-state index is -0.174. The van der Waals surface area contributed by atoms with Crippen LogP contribution in [0, 0.1) is 6.92 Å². The van der Waals surface area contributed by atoms with Gasteiger partial charge in [0.15, 0.2) is 0 Å². The van der Waals surface area contributed by atoms with E-state index in [0.717, 1.165) is 26.8 Å². The van der Waals surface area contributed by atoms with Crippen LogP contribution in [0.4, 0.5) is 0 Å². The molecule has 96 valence electrons. The highest BCUT2D eigenvalue weighted by molar-refractivity contribution is 7.10. The standard InChI is InChI=1S/C14H16ClNOS/c1-3-17-11-6-4-10(5-7-11)13(16)14-12(15)9(2)8-18-14/h4-8,13H,3,16H2,1-2H3. The van der Waals surface area contributed by atoms with E-state index in [2.05, 4.69) is 0 Å². The lowest BCUT2D eigenvalue weighted by Crippen LogP contribution is -2.10. The van der Waals surface area contributed by atoms with Gasteiger partial charge in [-0.3, -0.25) is 0 Å². The Hall–Kier alpha value is -1.03. The number of benzene rings is 1. The third-order valence-corrected chi connectivity index (χ3v) is 4.56. The summed E-state index contributed by atoms with van der Waals surface area (Å²) in [6.07, 6.45) is 0. The highest BCUT2D eigenvalue weighted by atomic mass is 35.5. The fraction of sp³-hybridized carbons (Fsp3) is 0.286. The second kappa shape index (κ2) is 5.74. The summed E-state index contributed by atoms with van der Waals surface area (Å²) < 4.78 is 5.41. The average Bonchev–Trinajstić information content (AvgIpc) is 2.71. The van der Waals surface area contributed by atoms with Crippen LogP contribution in [0.2, 0.25) is 5.02 Å². The SMILES string of the molecule is CCOc1ccc(C(N)c2scc(C)c2Cl)cc1. The largest absolute Gasteiger partial charge is 0.494 e. The van der Waals surface area contributed by atoms with Crippen LogP contribution in [0.5, 0.6) is 5.75 Å². The van der Waals surface area contributed by atoms with Crippen LogP contribution >= 0.6 is 22.9 Å². The number of aryl methyl sites for hydroxylation is 1. The highest BCUT2D eigenvalue weighted by Gasteiger charge is 2.15. The van der Waals surface area contributed by atoms with Crippen molar-refractivity contribution >= 4 is 22.9 Å². The first-order valence-electron chi connectivity index (χ1n) is 5.85. The monoisotopic (exact) mass is 281 g/mol. The molecule has 1 aromatic heterocycles. The van der Waals surface area contributed by atoms with Crippen LogP contribution in [0.25, 0.3) is 0 Å². The summed E-state index contributed by atoms with van der Waals surface area (Å²) in [6.45, 7) is 4.63. The zero-order valence-electron chi connectivity index (χ0n) is 10.4. The minimum absolute atomic E-state index is 0.174. The van der Waals surface area contributed by atoms with Crippen molar-refractivity contribution < 1.29 is 4.74 Å². The molecule has 0 saturated carbocycles. The van der Waals surface area contributed by atoms with E-state index >= 15 is 0 Å².